The van der Waals surface area contributed by atoms with E-state index in [-0.39, 0.29) is 5.82 Å². The van der Waals surface area contributed by atoms with Gasteiger partial charge in [-0.1, -0.05) is 22.0 Å². The summed E-state index contributed by atoms with van der Waals surface area (Å²) in [6.45, 7) is 0.354. The first-order valence-corrected chi connectivity index (χ1v) is 6.18. The molecule has 2 rings (SSSR count). The van der Waals surface area contributed by atoms with Crippen molar-refractivity contribution < 1.29 is 9.13 Å². The van der Waals surface area contributed by atoms with Crippen LogP contribution in [0.3, 0.4) is 0 Å². The minimum Gasteiger partial charge on any atom is -0.489 e. The van der Waals surface area contributed by atoms with Gasteiger partial charge in [0.1, 0.15) is 24.0 Å². The Morgan fingerprint density at radius 1 is 1.33 bits per heavy atom. The minimum absolute atomic E-state index is 0.331. The number of hydrogen-bond acceptors (Lipinski definition) is 3. The number of nitrogens with zero attached hydrogens (tertiary/aromatic N) is 1. The molecule has 0 saturated carbocycles. The second kappa shape index (κ2) is 5.82. The number of pyridine rings is 1. The van der Waals surface area contributed by atoms with Crippen LogP contribution < -0.4 is 10.1 Å². The fourth-order valence-corrected chi connectivity index (χ4v) is 1.88. The Labute approximate surface area is 113 Å². The molecule has 1 N–H and O–H groups in total. The maximum atomic E-state index is 13.1. The van der Waals surface area contributed by atoms with E-state index < -0.39 is 0 Å². The lowest BCUT2D eigenvalue weighted by molar-refractivity contribution is 0.304. The predicted molar refractivity (Wildman–Crippen MR) is 72.2 cm³/mol. The van der Waals surface area contributed by atoms with Gasteiger partial charge in [0.25, 0.3) is 0 Å². The second-order valence-corrected chi connectivity index (χ2v) is 4.61. The fourth-order valence-electron chi connectivity index (χ4n) is 1.44. The number of nitrogens with one attached hydrogen (secondary N) is 1. The first-order chi connectivity index (χ1) is 8.67. The zero-order chi connectivity index (χ0) is 13.0. The third kappa shape index (κ3) is 3.43. The highest BCUT2D eigenvalue weighted by Crippen LogP contribution is 2.21. The van der Waals surface area contributed by atoms with Gasteiger partial charge >= 0.3 is 0 Å². The quantitative estimate of drug-likeness (QED) is 0.937. The first kappa shape index (κ1) is 12.8. The summed E-state index contributed by atoms with van der Waals surface area (Å²) < 4.78 is 19.3. The summed E-state index contributed by atoms with van der Waals surface area (Å²) in [4.78, 5) is 4.17. The van der Waals surface area contributed by atoms with Crippen LogP contribution in [0.15, 0.2) is 41.0 Å². The average molecular weight is 311 g/mol. The van der Waals surface area contributed by atoms with E-state index in [0.717, 1.165) is 11.4 Å². The lowest BCUT2D eigenvalue weighted by Crippen LogP contribution is -1.98. The molecule has 0 spiro atoms. The summed E-state index contributed by atoms with van der Waals surface area (Å²) in [7, 11) is 1.81. The normalized spacial score (nSPS) is 10.2. The molecule has 1 aromatic carbocycles. The Kier molecular flexibility index (Phi) is 4.15. The monoisotopic (exact) mass is 310 g/mol. The maximum absolute atomic E-state index is 13.1. The van der Waals surface area contributed by atoms with E-state index in [2.05, 4.69) is 26.2 Å². The highest BCUT2D eigenvalue weighted by molar-refractivity contribution is 9.10. The average Bonchev–Trinajstić information content (AvgIpc) is 2.36. The van der Waals surface area contributed by atoms with E-state index in [0.29, 0.717) is 16.8 Å². The highest BCUT2D eigenvalue weighted by Gasteiger charge is 2.01. The van der Waals surface area contributed by atoms with Gasteiger partial charge in [0.05, 0.1) is 0 Å². The van der Waals surface area contributed by atoms with Crippen LogP contribution in [0.5, 0.6) is 5.75 Å². The van der Waals surface area contributed by atoms with Crippen molar-refractivity contribution in [1.29, 1.82) is 0 Å². The van der Waals surface area contributed by atoms with Crippen LogP contribution >= 0.6 is 15.9 Å². The molecule has 0 aliphatic carbocycles. The molecule has 0 atom stereocenters. The van der Waals surface area contributed by atoms with Crippen molar-refractivity contribution in [3.05, 3.63) is 52.4 Å². The van der Waals surface area contributed by atoms with Gasteiger partial charge in [-0.15, -0.1) is 0 Å². The lowest BCUT2D eigenvalue weighted by Gasteiger charge is -2.07. The highest BCUT2D eigenvalue weighted by atomic mass is 79.9. The van der Waals surface area contributed by atoms with Gasteiger partial charge in [-0.25, -0.2) is 9.37 Å². The van der Waals surface area contributed by atoms with Crippen molar-refractivity contribution in [2.75, 3.05) is 12.4 Å². The second-order valence-electron chi connectivity index (χ2n) is 3.70. The van der Waals surface area contributed by atoms with Crippen LogP contribution in [0.25, 0.3) is 0 Å². The number of hydrogen-bond donors (Lipinski definition) is 1. The van der Waals surface area contributed by atoms with E-state index >= 15 is 0 Å². The molecule has 94 valence electrons. The number of aromatic nitrogens is 1. The molecule has 0 radical (unpaired) electrons. The number of anilines is 1. The molecule has 0 saturated heterocycles. The molecule has 0 aliphatic rings. The van der Waals surface area contributed by atoms with Crippen LogP contribution in [-0.4, -0.2) is 12.0 Å². The molecular formula is C13H12BrFN2O. The SMILES string of the molecule is CNc1ccc(COc2cc(F)cc(Br)c2)cn1. The van der Waals surface area contributed by atoms with E-state index in [9.17, 15) is 4.39 Å². The molecule has 1 aromatic heterocycles. The largest absolute Gasteiger partial charge is 0.489 e. The third-order valence-electron chi connectivity index (χ3n) is 2.32. The van der Waals surface area contributed by atoms with Crippen molar-refractivity contribution in [3.63, 3.8) is 0 Å². The molecule has 0 bridgehead atoms. The van der Waals surface area contributed by atoms with Crippen molar-refractivity contribution in [2.45, 2.75) is 6.61 Å². The van der Waals surface area contributed by atoms with Gasteiger partial charge in [0.15, 0.2) is 0 Å². The van der Waals surface area contributed by atoms with Crippen molar-refractivity contribution in [3.8, 4) is 5.75 Å². The molecule has 0 amide bonds. The van der Waals surface area contributed by atoms with Crippen molar-refractivity contribution in [2.24, 2.45) is 0 Å². The van der Waals surface area contributed by atoms with Crippen molar-refractivity contribution >= 4 is 21.7 Å². The fraction of sp³-hybridized carbons (Fsp3) is 0.154. The Morgan fingerprint density at radius 3 is 2.78 bits per heavy atom. The van der Waals surface area contributed by atoms with Gasteiger partial charge in [-0.05, 0) is 18.2 Å². The van der Waals surface area contributed by atoms with Crippen molar-refractivity contribution in [1.82, 2.24) is 4.98 Å². The smallest absolute Gasteiger partial charge is 0.128 e. The summed E-state index contributed by atoms with van der Waals surface area (Å²) in [5.41, 5.74) is 0.925. The maximum Gasteiger partial charge on any atom is 0.128 e. The first-order valence-electron chi connectivity index (χ1n) is 5.39. The molecule has 1 heterocycles. The molecule has 5 heteroatoms. The number of rotatable bonds is 4. The summed E-state index contributed by atoms with van der Waals surface area (Å²) in [5.74, 6) is 0.954. The Balaban J connectivity index is 2.01. The Morgan fingerprint density at radius 2 is 2.17 bits per heavy atom. The van der Waals surface area contributed by atoms with Gasteiger partial charge in [-0.2, -0.15) is 0 Å². The molecule has 2 aromatic rings. The lowest BCUT2D eigenvalue weighted by atomic mass is 10.3. The van der Waals surface area contributed by atoms with Crippen LogP contribution in [0, 0.1) is 5.82 Å². The number of ether oxygens (including phenoxy) is 1. The van der Waals surface area contributed by atoms with Gasteiger partial charge in [0.2, 0.25) is 0 Å². The summed E-state index contributed by atoms with van der Waals surface area (Å²) in [5, 5.41) is 2.94. The van der Waals surface area contributed by atoms with Crippen LogP contribution in [0.2, 0.25) is 0 Å². The summed E-state index contributed by atoms with van der Waals surface area (Å²) >= 11 is 3.22. The molecule has 3 nitrogen and oxygen atoms in total. The van der Waals surface area contributed by atoms with E-state index in [1.165, 1.54) is 12.1 Å². The van der Waals surface area contributed by atoms with Gasteiger partial charge in [0, 0.05) is 29.3 Å². The summed E-state index contributed by atoms with van der Waals surface area (Å²) in [6, 6.07) is 8.22. The summed E-state index contributed by atoms with van der Waals surface area (Å²) in [6.07, 6.45) is 1.72. The number of benzene rings is 1. The standard InChI is InChI=1S/C13H12BrFN2O/c1-16-13-3-2-9(7-17-13)8-18-12-5-10(14)4-11(15)6-12/h2-7H,8H2,1H3,(H,16,17). The third-order valence-corrected chi connectivity index (χ3v) is 2.78. The molecule has 0 unspecified atom stereocenters. The van der Waals surface area contributed by atoms with E-state index in [1.54, 1.807) is 12.3 Å². The van der Waals surface area contributed by atoms with E-state index in [4.69, 9.17) is 4.74 Å². The van der Waals surface area contributed by atoms with Crippen LogP contribution in [0.4, 0.5) is 10.2 Å². The minimum atomic E-state index is -0.331. The zero-order valence-corrected chi connectivity index (χ0v) is 11.4. The molecule has 0 fully saturated rings. The predicted octanol–water partition coefficient (Wildman–Crippen LogP) is 3.60. The topological polar surface area (TPSA) is 34.1 Å². The molecule has 18 heavy (non-hydrogen) atoms. The Bertz CT molecular complexity index is 511. The van der Waals surface area contributed by atoms with Crippen LogP contribution in [-0.2, 0) is 6.61 Å². The van der Waals surface area contributed by atoms with Crippen LogP contribution in [0.1, 0.15) is 5.56 Å². The molecule has 0 aliphatic heterocycles. The van der Waals surface area contributed by atoms with Gasteiger partial charge < -0.3 is 10.1 Å². The zero-order valence-electron chi connectivity index (χ0n) is 9.78. The Hall–Kier alpha value is -1.62. The van der Waals surface area contributed by atoms with E-state index in [1.807, 2.05) is 19.2 Å². The van der Waals surface area contributed by atoms with Gasteiger partial charge in [-0.3, -0.25) is 0 Å². The molecular weight excluding hydrogens is 299 g/mol. The number of halogens is 2.